The lowest BCUT2D eigenvalue weighted by atomic mass is 10.3. The molecule has 0 spiro atoms. The lowest BCUT2D eigenvalue weighted by Gasteiger charge is -1.91. The highest BCUT2D eigenvalue weighted by atomic mass is 35.5. The normalized spacial score (nSPS) is 11.0. The van der Waals surface area contributed by atoms with Crippen LogP contribution in [0.3, 0.4) is 0 Å². The number of imidazole rings is 1. The topological polar surface area (TPSA) is 34.4 Å². The van der Waals surface area contributed by atoms with Crippen molar-refractivity contribution in [3.05, 3.63) is 21.9 Å². The molecule has 0 fully saturated rings. The number of ketones is 1. The van der Waals surface area contributed by atoms with Gasteiger partial charge in [0.2, 0.25) is 0 Å². The largest absolute Gasteiger partial charge is 0.293 e. The molecule has 0 amide bonds. The monoisotopic (exact) mass is 214 g/mol. The van der Waals surface area contributed by atoms with Crippen LogP contribution < -0.4 is 0 Å². The van der Waals surface area contributed by atoms with Crippen molar-refractivity contribution >= 4 is 33.7 Å². The maximum atomic E-state index is 11.2. The summed E-state index contributed by atoms with van der Waals surface area (Å²) < 4.78 is 1.74. The van der Waals surface area contributed by atoms with Crippen LogP contribution in [0.4, 0.5) is 0 Å². The van der Waals surface area contributed by atoms with Gasteiger partial charge in [0.25, 0.3) is 0 Å². The van der Waals surface area contributed by atoms with E-state index in [2.05, 4.69) is 4.98 Å². The molecule has 0 unspecified atom stereocenters. The summed E-state index contributed by atoms with van der Waals surface area (Å²) in [4.78, 5) is 17.2. The van der Waals surface area contributed by atoms with Gasteiger partial charge in [0.15, 0.2) is 15.9 Å². The molecule has 3 nitrogen and oxygen atoms in total. The Morgan fingerprint density at radius 3 is 3.00 bits per heavy atom. The maximum Gasteiger partial charge on any atom is 0.195 e. The Hall–Kier alpha value is -0.870. The van der Waals surface area contributed by atoms with Gasteiger partial charge in [0.05, 0.1) is 0 Å². The minimum absolute atomic E-state index is 0.0599. The molecule has 0 saturated carbocycles. The maximum absolute atomic E-state index is 11.2. The second-order valence-electron chi connectivity index (χ2n) is 2.80. The molecule has 0 bridgehead atoms. The van der Waals surface area contributed by atoms with Crippen LogP contribution in [-0.2, 0) is 0 Å². The molecule has 2 rings (SSSR count). The van der Waals surface area contributed by atoms with Crippen molar-refractivity contribution < 1.29 is 4.79 Å². The van der Waals surface area contributed by atoms with E-state index in [0.717, 1.165) is 9.84 Å². The van der Waals surface area contributed by atoms with Crippen LogP contribution in [0.2, 0.25) is 5.15 Å². The first-order valence-electron chi connectivity index (χ1n) is 3.74. The van der Waals surface area contributed by atoms with Crippen molar-refractivity contribution in [2.75, 3.05) is 0 Å². The van der Waals surface area contributed by atoms with E-state index in [4.69, 9.17) is 11.6 Å². The van der Waals surface area contributed by atoms with Crippen LogP contribution in [0.5, 0.6) is 0 Å². The summed E-state index contributed by atoms with van der Waals surface area (Å²) >= 11 is 7.33. The first kappa shape index (κ1) is 8.72. The summed E-state index contributed by atoms with van der Waals surface area (Å²) in [5.74, 6) is -0.0599. The molecule has 0 atom stereocenters. The Balaban J connectivity index is 2.83. The number of halogens is 1. The van der Waals surface area contributed by atoms with Crippen LogP contribution in [0.1, 0.15) is 22.3 Å². The second-order valence-corrected chi connectivity index (χ2v) is 4.37. The van der Waals surface area contributed by atoms with Gasteiger partial charge in [-0.2, -0.15) is 0 Å². The zero-order valence-corrected chi connectivity index (χ0v) is 8.74. The molecule has 0 N–H and O–H groups in total. The minimum atomic E-state index is -0.0599. The molecule has 0 aliphatic heterocycles. The molecule has 5 heteroatoms. The van der Waals surface area contributed by atoms with Gasteiger partial charge in [-0.15, -0.1) is 11.3 Å². The molecular weight excluding hydrogens is 208 g/mol. The Bertz CT molecular complexity index is 486. The van der Waals surface area contributed by atoms with Gasteiger partial charge in [0, 0.05) is 18.0 Å². The van der Waals surface area contributed by atoms with Crippen LogP contribution in [0, 0.1) is 6.92 Å². The third-order valence-corrected chi connectivity index (χ3v) is 2.89. The third-order valence-electron chi connectivity index (χ3n) is 1.73. The van der Waals surface area contributed by atoms with E-state index in [1.54, 1.807) is 4.40 Å². The smallest absolute Gasteiger partial charge is 0.195 e. The first-order chi connectivity index (χ1) is 6.09. The van der Waals surface area contributed by atoms with Crippen molar-refractivity contribution in [3.63, 3.8) is 0 Å². The summed E-state index contributed by atoms with van der Waals surface area (Å²) in [5, 5.41) is 0.291. The molecule has 2 heterocycles. The number of aromatic nitrogens is 2. The molecule has 0 radical (unpaired) electrons. The summed E-state index contributed by atoms with van der Waals surface area (Å²) in [6.45, 7) is 3.46. The van der Waals surface area contributed by atoms with Gasteiger partial charge in [-0.25, -0.2) is 4.98 Å². The predicted octanol–water partition coefficient (Wildman–Crippen LogP) is 2.56. The van der Waals surface area contributed by atoms with E-state index in [0.29, 0.717) is 10.8 Å². The van der Waals surface area contributed by atoms with Gasteiger partial charge in [-0.3, -0.25) is 9.20 Å². The van der Waals surface area contributed by atoms with Crippen molar-refractivity contribution in [2.24, 2.45) is 0 Å². The molecule has 68 valence electrons. The van der Waals surface area contributed by atoms with Crippen LogP contribution in [0.25, 0.3) is 4.96 Å². The fraction of sp³-hybridized carbons (Fsp3) is 0.250. The predicted molar refractivity (Wildman–Crippen MR) is 52.8 cm³/mol. The number of fused-ring (bicyclic) bond motifs is 1. The van der Waals surface area contributed by atoms with Crippen molar-refractivity contribution in [1.29, 1.82) is 0 Å². The number of carbonyl (C=O) groups is 1. The highest BCUT2D eigenvalue weighted by Crippen LogP contribution is 2.24. The SMILES string of the molecule is CC(=O)c1c(Cl)nc2sc(C)cn12. The van der Waals surface area contributed by atoms with E-state index in [1.165, 1.54) is 18.3 Å². The number of nitrogens with zero attached hydrogens (tertiary/aromatic N) is 2. The van der Waals surface area contributed by atoms with E-state index in [-0.39, 0.29) is 5.78 Å². The first-order valence-corrected chi connectivity index (χ1v) is 4.94. The van der Waals surface area contributed by atoms with Crippen LogP contribution in [0.15, 0.2) is 6.20 Å². The van der Waals surface area contributed by atoms with E-state index in [1.807, 2.05) is 13.1 Å². The zero-order chi connectivity index (χ0) is 9.59. The number of rotatable bonds is 1. The average molecular weight is 215 g/mol. The number of hydrogen-bond donors (Lipinski definition) is 0. The average Bonchev–Trinajstić information content (AvgIpc) is 2.41. The number of carbonyl (C=O) groups excluding carboxylic acids is 1. The van der Waals surface area contributed by atoms with Gasteiger partial charge >= 0.3 is 0 Å². The Labute approximate surface area is 84.0 Å². The molecule has 13 heavy (non-hydrogen) atoms. The van der Waals surface area contributed by atoms with Gasteiger partial charge in [-0.05, 0) is 6.92 Å². The van der Waals surface area contributed by atoms with Gasteiger partial charge in [-0.1, -0.05) is 11.6 Å². The highest BCUT2D eigenvalue weighted by molar-refractivity contribution is 7.17. The number of thiazole rings is 1. The summed E-state index contributed by atoms with van der Waals surface area (Å²) in [5.41, 5.74) is 0.473. The molecule has 0 aromatic carbocycles. The van der Waals surface area contributed by atoms with Crippen LogP contribution >= 0.6 is 22.9 Å². The zero-order valence-electron chi connectivity index (χ0n) is 7.17. The van der Waals surface area contributed by atoms with Gasteiger partial charge in [0.1, 0.15) is 5.69 Å². The summed E-state index contributed by atoms with van der Waals surface area (Å²) in [6.07, 6.45) is 1.87. The molecule has 0 aliphatic carbocycles. The molecule has 2 aromatic rings. The quantitative estimate of drug-likeness (QED) is 0.684. The highest BCUT2D eigenvalue weighted by Gasteiger charge is 2.15. The van der Waals surface area contributed by atoms with Crippen LogP contribution in [-0.4, -0.2) is 15.2 Å². The second kappa shape index (κ2) is 2.82. The standard InChI is InChI=1S/C8H7ClN2OS/c1-4-3-11-6(5(2)12)7(9)10-8(11)13-4/h3H,1-2H3. The summed E-state index contributed by atoms with van der Waals surface area (Å²) in [7, 11) is 0. The van der Waals surface area contributed by atoms with E-state index >= 15 is 0 Å². The molecule has 0 aliphatic rings. The Kier molecular flexibility index (Phi) is 1.89. The molecule has 0 saturated heterocycles. The third kappa shape index (κ3) is 1.26. The van der Waals surface area contributed by atoms with Gasteiger partial charge < -0.3 is 0 Å². The molecular formula is C8H7ClN2OS. The van der Waals surface area contributed by atoms with Crippen molar-refractivity contribution in [3.8, 4) is 0 Å². The van der Waals surface area contributed by atoms with Crippen molar-refractivity contribution in [1.82, 2.24) is 9.38 Å². The Morgan fingerprint density at radius 1 is 1.69 bits per heavy atom. The fourth-order valence-corrected chi connectivity index (χ4v) is 2.42. The minimum Gasteiger partial charge on any atom is -0.293 e. The van der Waals surface area contributed by atoms with E-state index in [9.17, 15) is 4.79 Å². The van der Waals surface area contributed by atoms with Crippen molar-refractivity contribution in [2.45, 2.75) is 13.8 Å². The number of hydrogen-bond acceptors (Lipinski definition) is 3. The summed E-state index contributed by atoms with van der Waals surface area (Å²) in [6, 6.07) is 0. The van der Waals surface area contributed by atoms with E-state index < -0.39 is 0 Å². The number of Topliss-reactive ketones (excluding diaryl/α,β-unsaturated/α-hetero) is 1. The Morgan fingerprint density at radius 2 is 2.38 bits per heavy atom. The number of aryl methyl sites for hydroxylation is 1. The lowest BCUT2D eigenvalue weighted by molar-refractivity contribution is 0.101. The lowest BCUT2D eigenvalue weighted by Crippen LogP contribution is -1.96. The molecule has 2 aromatic heterocycles. The fourth-order valence-electron chi connectivity index (χ4n) is 1.24.